The molecule has 0 atom stereocenters. The Labute approximate surface area is 113 Å². The number of nitrogen functional groups attached to an aromatic ring is 1. The second-order valence-corrected chi connectivity index (χ2v) is 4.76. The van der Waals surface area contributed by atoms with Gasteiger partial charge in [0.1, 0.15) is 11.5 Å². The van der Waals surface area contributed by atoms with Gasteiger partial charge in [0.2, 0.25) is 0 Å². The summed E-state index contributed by atoms with van der Waals surface area (Å²) in [6, 6.07) is 2.04. The van der Waals surface area contributed by atoms with Crippen LogP contribution in [-0.4, -0.2) is 4.98 Å². The number of hydrogen-bond donors (Lipinski definition) is 2. The van der Waals surface area contributed by atoms with Gasteiger partial charge in [-0.25, -0.2) is 9.37 Å². The van der Waals surface area contributed by atoms with Gasteiger partial charge >= 0.3 is 6.18 Å². The van der Waals surface area contributed by atoms with Crippen molar-refractivity contribution in [3.8, 4) is 0 Å². The van der Waals surface area contributed by atoms with Crippen LogP contribution in [-0.2, 0) is 6.18 Å². The fourth-order valence-corrected chi connectivity index (χ4v) is 2.29. The second kappa shape index (κ2) is 4.61. The zero-order valence-electron chi connectivity index (χ0n) is 9.57. The highest BCUT2D eigenvalue weighted by Crippen LogP contribution is 2.36. The first-order chi connectivity index (χ1) is 8.75. The smallest absolute Gasteiger partial charge is 0.323 e. The molecule has 2 aromatic rings. The second-order valence-electron chi connectivity index (χ2n) is 3.91. The van der Waals surface area contributed by atoms with Crippen molar-refractivity contribution in [3.05, 3.63) is 33.7 Å². The van der Waals surface area contributed by atoms with Crippen molar-refractivity contribution in [2.75, 3.05) is 5.43 Å². The molecular weight excluding hydrogens is 330 g/mol. The number of halogens is 5. The average molecular weight is 338 g/mol. The van der Waals surface area contributed by atoms with Crippen LogP contribution in [0.4, 0.5) is 23.2 Å². The molecule has 2 rings (SSSR count). The molecule has 19 heavy (non-hydrogen) atoms. The Bertz CT molecular complexity index is 655. The molecule has 0 fully saturated rings. The Morgan fingerprint density at radius 1 is 1.32 bits per heavy atom. The number of nitrogens with one attached hydrogen (secondary N) is 1. The number of aromatic nitrogens is 1. The van der Waals surface area contributed by atoms with Crippen LogP contribution in [0, 0.1) is 12.7 Å². The topological polar surface area (TPSA) is 50.9 Å². The van der Waals surface area contributed by atoms with Crippen molar-refractivity contribution in [2.24, 2.45) is 5.84 Å². The molecule has 0 radical (unpaired) electrons. The zero-order valence-corrected chi connectivity index (χ0v) is 11.2. The first-order valence-electron chi connectivity index (χ1n) is 5.09. The van der Waals surface area contributed by atoms with E-state index in [1.54, 1.807) is 6.92 Å². The standard InChI is InChI=1S/C11H8BrF4N3/c1-4-2-5(12)9(13)8-6(19-17)3-7(11(14,15)16)18-10(4)8/h2-3H,17H2,1H3,(H,18,19). The van der Waals surface area contributed by atoms with E-state index in [0.717, 1.165) is 0 Å². The summed E-state index contributed by atoms with van der Waals surface area (Å²) in [7, 11) is 0. The van der Waals surface area contributed by atoms with Gasteiger partial charge in [0.05, 0.1) is 21.1 Å². The summed E-state index contributed by atoms with van der Waals surface area (Å²) in [5.41, 5.74) is 1.11. The normalized spacial score (nSPS) is 11.9. The number of fused-ring (bicyclic) bond motifs is 1. The monoisotopic (exact) mass is 337 g/mol. The highest BCUT2D eigenvalue weighted by molar-refractivity contribution is 9.10. The minimum atomic E-state index is -4.63. The SMILES string of the molecule is Cc1cc(Br)c(F)c2c(NN)cc(C(F)(F)F)nc12. The molecule has 0 saturated carbocycles. The lowest BCUT2D eigenvalue weighted by atomic mass is 10.1. The van der Waals surface area contributed by atoms with Crippen LogP contribution in [0.25, 0.3) is 10.9 Å². The number of benzene rings is 1. The summed E-state index contributed by atoms with van der Waals surface area (Å²) >= 11 is 2.99. The largest absolute Gasteiger partial charge is 0.433 e. The molecule has 3 N–H and O–H groups in total. The molecule has 0 aliphatic heterocycles. The summed E-state index contributed by atoms with van der Waals surface area (Å²) in [6.07, 6.45) is -4.63. The Morgan fingerprint density at radius 3 is 2.47 bits per heavy atom. The van der Waals surface area contributed by atoms with Crippen LogP contribution in [0.3, 0.4) is 0 Å². The fourth-order valence-electron chi connectivity index (χ4n) is 1.75. The lowest BCUT2D eigenvalue weighted by molar-refractivity contribution is -0.140. The van der Waals surface area contributed by atoms with Gasteiger partial charge in [0.25, 0.3) is 0 Å². The third kappa shape index (κ3) is 2.37. The number of nitrogens with two attached hydrogens (primary N) is 1. The predicted octanol–water partition coefficient (Wildman–Crippen LogP) is 3.75. The Hall–Kier alpha value is -1.41. The van der Waals surface area contributed by atoms with Crippen molar-refractivity contribution in [1.82, 2.24) is 4.98 Å². The number of nitrogens with zero attached hydrogens (tertiary/aromatic N) is 1. The van der Waals surface area contributed by atoms with E-state index in [1.165, 1.54) is 6.07 Å². The number of hydrazine groups is 1. The van der Waals surface area contributed by atoms with Crippen LogP contribution >= 0.6 is 15.9 Å². The molecule has 1 aromatic carbocycles. The molecule has 3 nitrogen and oxygen atoms in total. The average Bonchev–Trinajstić information content (AvgIpc) is 2.33. The molecule has 0 aliphatic rings. The van der Waals surface area contributed by atoms with Crippen LogP contribution in [0.2, 0.25) is 0 Å². The highest BCUT2D eigenvalue weighted by atomic mass is 79.9. The van der Waals surface area contributed by atoms with Crippen LogP contribution in [0.15, 0.2) is 16.6 Å². The van der Waals surface area contributed by atoms with Crippen LogP contribution in [0.1, 0.15) is 11.3 Å². The molecule has 0 amide bonds. The van der Waals surface area contributed by atoms with Gasteiger partial charge in [-0.1, -0.05) is 0 Å². The molecule has 102 valence electrons. The van der Waals surface area contributed by atoms with Gasteiger partial charge in [-0.15, -0.1) is 0 Å². The van der Waals surface area contributed by atoms with E-state index >= 15 is 0 Å². The summed E-state index contributed by atoms with van der Waals surface area (Å²) in [5.74, 6) is 4.46. The van der Waals surface area contributed by atoms with Gasteiger partial charge < -0.3 is 5.43 Å². The van der Waals surface area contributed by atoms with Crippen molar-refractivity contribution < 1.29 is 17.6 Å². The molecule has 0 saturated heterocycles. The van der Waals surface area contributed by atoms with Gasteiger partial charge in [0, 0.05) is 0 Å². The molecule has 1 heterocycles. The maximum atomic E-state index is 14.0. The van der Waals surface area contributed by atoms with E-state index in [9.17, 15) is 17.6 Å². The summed E-state index contributed by atoms with van der Waals surface area (Å²) in [4.78, 5) is 3.48. The maximum absolute atomic E-state index is 14.0. The molecule has 0 unspecified atom stereocenters. The molecule has 0 aliphatic carbocycles. The summed E-state index contributed by atoms with van der Waals surface area (Å²) < 4.78 is 52.3. The Balaban J connectivity index is 2.93. The van der Waals surface area contributed by atoms with Crippen molar-refractivity contribution in [1.29, 1.82) is 0 Å². The lowest BCUT2D eigenvalue weighted by Crippen LogP contribution is -2.13. The molecule has 0 spiro atoms. The first kappa shape index (κ1) is 14.0. The predicted molar refractivity (Wildman–Crippen MR) is 67.0 cm³/mol. The maximum Gasteiger partial charge on any atom is 0.433 e. The minimum absolute atomic E-state index is 0.0801. The molecule has 0 bridgehead atoms. The molecular formula is C11H8BrF4N3. The van der Waals surface area contributed by atoms with E-state index in [1.807, 2.05) is 0 Å². The number of hydrogen-bond acceptors (Lipinski definition) is 3. The molecule has 8 heteroatoms. The Morgan fingerprint density at radius 2 is 1.95 bits per heavy atom. The van der Waals surface area contributed by atoms with Crippen molar-refractivity contribution >= 4 is 32.5 Å². The zero-order chi connectivity index (χ0) is 14.4. The quantitative estimate of drug-likeness (QED) is 0.473. The summed E-state index contributed by atoms with van der Waals surface area (Å²) in [5, 5.41) is -0.0811. The Kier molecular flexibility index (Phi) is 3.40. The van der Waals surface area contributed by atoms with Gasteiger partial charge in [-0.2, -0.15) is 13.2 Å². The summed E-state index contributed by atoms with van der Waals surface area (Å²) in [6.45, 7) is 1.54. The van der Waals surface area contributed by atoms with Gasteiger partial charge in [0.15, 0.2) is 0 Å². The number of aryl methyl sites for hydroxylation is 1. The molecule has 1 aromatic heterocycles. The van der Waals surface area contributed by atoms with E-state index in [4.69, 9.17) is 5.84 Å². The number of pyridine rings is 1. The lowest BCUT2D eigenvalue weighted by Gasteiger charge is -2.14. The number of rotatable bonds is 1. The van der Waals surface area contributed by atoms with E-state index in [0.29, 0.717) is 11.6 Å². The van der Waals surface area contributed by atoms with Crippen molar-refractivity contribution in [2.45, 2.75) is 13.1 Å². The fraction of sp³-hybridized carbons (Fsp3) is 0.182. The minimum Gasteiger partial charge on any atom is -0.323 e. The van der Waals surface area contributed by atoms with Crippen LogP contribution < -0.4 is 11.3 Å². The number of anilines is 1. The van der Waals surface area contributed by atoms with Crippen LogP contribution in [0.5, 0.6) is 0 Å². The number of alkyl halides is 3. The van der Waals surface area contributed by atoms with E-state index < -0.39 is 17.7 Å². The first-order valence-corrected chi connectivity index (χ1v) is 5.88. The third-order valence-corrected chi connectivity index (χ3v) is 3.19. The highest BCUT2D eigenvalue weighted by Gasteiger charge is 2.34. The van der Waals surface area contributed by atoms with E-state index in [2.05, 4.69) is 26.3 Å². The van der Waals surface area contributed by atoms with Crippen molar-refractivity contribution in [3.63, 3.8) is 0 Å². The third-order valence-electron chi connectivity index (χ3n) is 2.61. The van der Waals surface area contributed by atoms with E-state index in [-0.39, 0.29) is 21.1 Å². The van der Waals surface area contributed by atoms with Gasteiger partial charge in [-0.05, 0) is 40.5 Å². The van der Waals surface area contributed by atoms with Gasteiger partial charge in [-0.3, -0.25) is 5.84 Å².